The zero-order chi connectivity index (χ0) is 22.2. The predicted octanol–water partition coefficient (Wildman–Crippen LogP) is 5.79. The molecule has 1 N–H and O–H groups in total. The van der Waals surface area contributed by atoms with Crippen molar-refractivity contribution in [1.29, 1.82) is 0 Å². The normalized spacial score (nSPS) is 11.0. The molecule has 4 heteroatoms. The molecule has 1 heterocycles. The number of para-hydroxylation sites is 2. The van der Waals surface area contributed by atoms with Gasteiger partial charge in [0.1, 0.15) is 5.82 Å². The Hall–Kier alpha value is -3.40. The summed E-state index contributed by atoms with van der Waals surface area (Å²) in [6, 6.07) is 26.9. The van der Waals surface area contributed by atoms with E-state index in [4.69, 9.17) is 4.98 Å². The van der Waals surface area contributed by atoms with Crippen LogP contribution in [0.5, 0.6) is 0 Å². The molecule has 0 saturated heterocycles. The number of imidazole rings is 1. The quantitative estimate of drug-likeness (QED) is 0.327. The van der Waals surface area contributed by atoms with Gasteiger partial charge in [-0.1, -0.05) is 80.1 Å². The van der Waals surface area contributed by atoms with Gasteiger partial charge >= 0.3 is 0 Å². The number of carbonyl (C=O) groups is 1. The number of unbranched alkanes of at least 4 members (excludes halogenated alkanes) is 1. The standard InChI is InChI=1S/C28H31N3O/c1-2-3-20-31-26-13-8-7-12-25(26)30-27(31)14-9-19-29-28(32)21-22-15-17-24(18-16-22)23-10-5-4-6-11-23/h4-8,10-13,15-18H,2-3,9,14,19-21H2,1H3,(H,29,32). The van der Waals surface area contributed by atoms with Gasteiger partial charge in [0.15, 0.2) is 0 Å². The number of rotatable bonds is 10. The molecule has 1 aromatic heterocycles. The smallest absolute Gasteiger partial charge is 0.224 e. The summed E-state index contributed by atoms with van der Waals surface area (Å²) in [6.45, 7) is 3.87. The molecule has 0 aliphatic heterocycles. The summed E-state index contributed by atoms with van der Waals surface area (Å²) in [7, 11) is 0. The van der Waals surface area contributed by atoms with Crippen molar-refractivity contribution < 1.29 is 4.79 Å². The van der Waals surface area contributed by atoms with Crippen LogP contribution >= 0.6 is 0 Å². The maximum absolute atomic E-state index is 12.4. The lowest BCUT2D eigenvalue weighted by Crippen LogP contribution is -2.26. The molecule has 0 spiro atoms. The fraction of sp³-hybridized carbons (Fsp3) is 0.286. The highest BCUT2D eigenvalue weighted by atomic mass is 16.1. The summed E-state index contributed by atoms with van der Waals surface area (Å²) in [5, 5.41) is 3.07. The van der Waals surface area contributed by atoms with Gasteiger partial charge in [-0.15, -0.1) is 0 Å². The maximum atomic E-state index is 12.4. The first-order chi connectivity index (χ1) is 15.7. The molecule has 0 radical (unpaired) electrons. The van der Waals surface area contributed by atoms with E-state index in [2.05, 4.69) is 59.3 Å². The predicted molar refractivity (Wildman–Crippen MR) is 132 cm³/mol. The van der Waals surface area contributed by atoms with Gasteiger partial charge < -0.3 is 9.88 Å². The third-order valence-electron chi connectivity index (χ3n) is 5.79. The number of aromatic nitrogens is 2. The summed E-state index contributed by atoms with van der Waals surface area (Å²) in [5.41, 5.74) is 5.65. The van der Waals surface area contributed by atoms with Crippen LogP contribution in [0.25, 0.3) is 22.2 Å². The average molecular weight is 426 g/mol. The number of nitrogens with one attached hydrogen (secondary N) is 1. The lowest BCUT2D eigenvalue weighted by molar-refractivity contribution is -0.120. The molecule has 0 unspecified atom stereocenters. The van der Waals surface area contributed by atoms with E-state index in [-0.39, 0.29) is 5.91 Å². The molecule has 164 valence electrons. The number of fused-ring (bicyclic) bond motifs is 1. The number of hydrogen-bond acceptors (Lipinski definition) is 2. The van der Waals surface area contributed by atoms with E-state index in [0.717, 1.165) is 49.1 Å². The number of amides is 1. The van der Waals surface area contributed by atoms with E-state index >= 15 is 0 Å². The molecular weight excluding hydrogens is 394 g/mol. The van der Waals surface area contributed by atoms with Crippen molar-refractivity contribution in [2.45, 2.75) is 45.6 Å². The van der Waals surface area contributed by atoms with E-state index in [1.54, 1.807) is 0 Å². The summed E-state index contributed by atoms with van der Waals surface area (Å²) in [4.78, 5) is 17.2. The molecule has 0 aliphatic rings. The summed E-state index contributed by atoms with van der Waals surface area (Å²) < 4.78 is 2.34. The summed E-state index contributed by atoms with van der Waals surface area (Å²) in [5.74, 6) is 1.18. The van der Waals surface area contributed by atoms with E-state index in [1.807, 2.05) is 36.4 Å². The Labute approximate surface area is 190 Å². The van der Waals surface area contributed by atoms with Crippen LogP contribution in [0, 0.1) is 0 Å². The average Bonchev–Trinajstić information content (AvgIpc) is 3.19. The number of aryl methyl sites for hydroxylation is 2. The van der Waals surface area contributed by atoms with Gasteiger partial charge in [-0.3, -0.25) is 4.79 Å². The molecule has 4 nitrogen and oxygen atoms in total. The Bertz CT molecular complexity index is 1150. The first kappa shape index (κ1) is 21.8. The maximum Gasteiger partial charge on any atom is 0.224 e. The second kappa shape index (κ2) is 10.8. The van der Waals surface area contributed by atoms with Gasteiger partial charge in [-0.05, 0) is 41.7 Å². The Balaban J connectivity index is 1.27. The van der Waals surface area contributed by atoms with Crippen molar-refractivity contribution in [3.05, 3.63) is 90.3 Å². The first-order valence-electron chi connectivity index (χ1n) is 11.6. The number of benzene rings is 3. The van der Waals surface area contributed by atoms with Crippen LogP contribution in [0.3, 0.4) is 0 Å². The topological polar surface area (TPSA) is 46.9 Å². The molecule has 0 bridgehead atoms. The Morgan fingerprint density at radius 1 is 0.875 bits per heavy atom. The Morgan fingerprint density at radius 3 is 2.38 bits per heavy atom. The minimum atomic E-state index is 0.0666. The summed E-state index contributed by atoms with van der Waals surface area (Å²) >= 11 is 0. The van der Waals surface area contributed by atoms with Crippen molar-refractivity contribution in [2.75, 3.05) is 6.54 Å². The highest BCUT2D eigenvalue weighted by Gasteiger charge is 2.10. The molecule has 0 atom stereocenters. The molecular formula is C28H31N3O. The van der Waals surface area contributed by atoms with Gasteiger partial charge in [0.05, 0.1) is 17.5 Å². The molecule has 0 aliphatic carbocycles. The lowest BCUT2D eigenvalue weighted by atomic mass is 10.0. The zero-order valence-corrected chi connectivity index (χ0v) is 18.8. The van der Waals surface area contributed by atoms with E-state index in [9.17, 15) is 4.79 Å². The minimum Gasteiger partial charge on any atom is -0.356 e. The minimum absolute atomic E-state index is 0.0666. The number of carbonyl (C=O) groups excluding carboxylic acids is 1. The van der Waals surface area contributed by atoms with Crippen molar-refractivity contribution in [3.63, 3.8) is 0 Å². The van der Waals surface area contributed by atoms with Gasteiger partial charge in [0.2, 0.25) is 5.91 Å². The molecule has 32 heavy (non-hydrogen) atoms. The van der Waals surface area contributed by atoms with Crippen molar-refractivity contribution in [1.82, 2.24) is 14.9 Å². The second-order valence-corrected chi connectivity index (χ2v) is 8.22. The third kappa shape index (κ3) is 5.44. The first-order valence-corrected chi connectivity index (χ1v) is 11.6. The zero-order valence-electron chi connectivity index (χ0n) is 18.8. The van der Waals surface area contributed by atoms with Crippen LogP contribution < -0.4 is 5.32 Å². The van der Waals surface area contributed by atoms with Crippen molar-refractivity contribution >= 4 is 16.9 Å². The van der Waals surface area contributed by atoms with Crippen LogP contribution in [0.2, 0.25) is 0 Å². The Morgan fingerprint density at radius 2 is 1.59 bits per heavy atom. The van der Waals surface area contributed by atoms with Gasteiger partial charge in [-0.25, -0.2) is 4.98 Å². The van der Waals surface area contributed by atoms with E-state index in [1.165, 1.54) is 16.6 Å². The van der Waals surface area contributed by atoms with Crippen LogP contribution in [0.1, 0.15) is 37.6 Å². The monoisotopic (exact) mass is 425 g/mol. The fourth-order valence-electron chi connectivity index (χ4n) is 4.05. The van der Waals surface area contributed by atoms with Crippen molar-refractivity contribution in [3.8, 4) is 11.1 Å². The molecule has 1 amide bonds. The largest absolute Gasteiger partial charge is 0.356 e. The molecule has 0 fully saturated rings. The molecule has 3 aromatic carbocycles. The molecule has 4 aromatic rings. The Kier molecular flexibility index (Phi) is 7.34. The van der Waals surface area contributed by atoms with Gasteiger partial charge in [0.25, 0.3) is 0 Å². The molecule has 0 saturated carbocycles. The number of nitrogens with zero attached hydrogens (tertiary/aromatic N) is 2. The highest BCUT2D eigenvalue weighted by Crippen LogP contribution is 2.20. The van der Waals surface area contributed by atoms with Crippen LogP contribution in [-0.4, -0.2) is 22.0 Å². The van der Waals surface area contributed by atoms with Crippen LogP contribution in [-0.2, 0) is 24.2 Å². The number of hydrogen-bond donors (Lipinski definition) is 1. The molecule has 4 rings (SSSR count). The van der Waals surface area contributed by atoms with E-state index in [0.29, 0.717) is 13.0 Å². The summed E-state index contributed by atoms with van der Waals surface area (Å²) in [6.07, 6.45) is 4.46. The van der Waals surface area contributed by atoms with Gasteiger partial charge in [-0.2, -0.15) is 0 Å². The second-order valence-electron chi connectivity index (χ2n) is 8.22. The third-order valence-corrected chi connectivity index (χ3v) is 5.79. The van der Waals surface area contributed by atoms with Crippen LogP contribution in [0.15, 0.2) is 78.9 Å². The lowest BCUT2D eigenvalue weighted by Gasteiger charge is -2.09. The fourth-order valence-corrected chi connectivity index (χ4v) is 4.05. The van der Waals surface area contributed by atoms with Crippen molar-refractivity contribution in [2.24, 2.45) is 0 Å². The SMILES string of the molecule is CCCCn1c(CCCNC(=O)Cc2ccc(-c3ccccc3)cc2)nc2ccccc21. The highest BCUT2D eigenvalue weighted by molar-refractivity contribution is 5.79. The van der Waals surface area contributed by atoms with E-state index < -0.39 is 0 Å². The van der Waals surface area contributed by atoms with Gasteiger partial charge in [0, 0.05) is 19.5 Å². The van der Waals surface area contributed by atoms with Crippen LogP contribution in [0.4, 0.5) is 0 Å².